The maximum atomic E-state index is 12.2. The Morgan fingerprint density at radius 1 is 1.12 bits per heavy atom. The molecule has 1 aliphatic rings. The summed E-state index contributed by atoms with van der Waals surface area (Å²) in [6, 6.07) is 14.0. The van der Waals surface area contributed by atoms with Crippen molar-refractivity contribution in [3.63, 3.8) is 0 Å². The Bertz CT molecular complexity index is 894. The first-order valence-electron chi connectivity index (χ1n) is 8.37. The highest BCUT2D eigenvalue weighted by molar-refractivity contribution is 7.89. The van der Waals surface area contributed by atoms with Crippen molar-refractivity contribution in [1.29, 1.82) is 0 Å². The van der Waals surface area contributed by atoms with Crippen LogP contribution in [0.2, 0.25) is 0 Å². The van der Waals surface area contributed by atoms with Gasteiger partial charge in [0.2, 0.25) is 0 Å². The van der Waals surface area contributed by atoms with Crippen molar-refractivity contribution in [2.24, 2.45) is 0 Å². The van der Waals surface area contributed by atoms with Gasteiger partial charge in [0, 0.05) is 19.2 Å². The van der Waals surface area contributed by atoms with Crippen LogP contribution in [0.15, 0.2) is 48.5 Å². The Morgan fingerprint density at radius 2 is 1.77 bits per heavy atom. The van der Waals surface area contributed by atoms with Crippen LogP contribution in [-0.4, -0.2) is 31.9 Å². The molecule has 0 radical (unpaired) electrons. The van der Waals surface area contributed by atoms with E-state index in [0.29, 0.717) is 18.5 Å². The predicted molar refractivity (Wildman–Crippen MR) is 99.3 cm³/mol. The van der Waals surface area contributed by atoms with Crippen molar-refractivity contribution < 1.29 is 18.3 Å². The van der Waals surface area contributed by atoms with Gasteiger partial charge >= 0.3 is 6.03 Å². The Morgan fingerprint density at radius 3 is 2.46 bits per heavy atom. The van der Waals surface area contributed by atoms with Gasteiger partial charge in [0.25, 0.3) is 0 Å². The number of benzene rings is 2. The van der Waals surface area contributed by atoms with Gasteiger partial charge in [-0.15, -0.1) is 0 Å². The zero-order valence-electron chi connectivity index (χ0n) is 14.5. The molecule has 2 amide bonds. The van der Waals surface area contributed by atoms with E-state index in [1.165, 1.54) is 6.26 Å². The molecule has 0 saturated carbocycles. The average molecular weight is 374 g/mol. The zero-order chi connectivity index (χ0) is 18.7. The maximum Gasteiger partial charge on any atom is 0.315 e. The van der Waals surface area contributed by atoms with Crippen LogP contribution in [-0.2, 0) is 28.6 Å². The zero-order valence-corrected chi connectivity index (χ0v) is 15.3. The maximum absolute atomic E-state index is 12.2. The Balaban J connectivity index is 1.55. The second-order valence-corrected chi connectivity index (χ2v) is 8.80. The molecule has 26 heavy (non-hydrogen) atoms. The molecular weight excluding hydrogens is 352 g/mol. The molecule has 0 spiro atoms. The lowest BCUT2D eigenvalue weighted by atomic mass is 10.1. The number of fused-ring (bicyclic) bond motifs is 1. The highest BCUT2D eigenvalue weighted by Gasteiger charge is 2.31. The average Bonchev–Trinajstić information content (AvgIpc) is 2.89. The van der Waals surface area contributed by atoms with Crippen LogP contribution >= 0.6 is 0 Å². The number of hydrogen-bond donors (Lipinski definition) is 3. The number of aliphatic hydroxyl groups excluding tert-OH is 1. The lowest BCUT2D eigenvalue weighted by molar-refractivity contribution is 0.142. The number of urea groups is 1. The van der Waals surface area contributed by atoms with Crippen LogP contribution in [0.1, 0.15) is 28.3 Å². The summed E-state index contributed by atoms with van der Waals surface area (Å²) < 4.78 is 22.6. The van der Waals surface area contributed by atoms with Gasteiger partial charge in [0.05, 0.1) is 17.9 Å². The normalized spacial score (nSPS) is 19.0. The first-order chi connectivity index (χ1) is 12.3. The molecule has 2 aromatic carbocycles. The summed E-state index contributed by atoms with van der Waals surface area (Å²) in [6.07, 6.45) is 1.10. The van der Waals surface area contributed by atoms with E-state index in [2.05, 4.69) is 10.6 Å². The molecule has 3 N–H and O–H groups in total. The largest absolute Gasteiger partial charge is 0.390 e. The molecule has 138 valence electrons. The van der Waals surface area contributed by atoms with Crippen molar-refractivity contribution in [3.05, 3.63) is 70.8 Å². The third kappa shape index (κ3) is 4.62. The minimum Gasteiger partial charge on any atom is -0.390 e. The van der Waals surface area contributed by atoms with E-state index in [4.69, 9.17) is 0 Å². The van der Waals surface area contributed by atoms with Gasteiger partial charge in [-0.3, -0.25) is 0 Å². The van der Waals surface area contributed by atoms with Gasteiger partial charge < -0.3 is 15.7 Å². The van der Waals surface area contributed by atoms with Gasteiger partial charge in [-0.2, -0.15) is 0 Å². The number of carbonyl (C=O) groups excluding carboxylic acids is 1. The summed E-state index contributed by atoms with van der Waals surface area (Å²) in [5.41, 5.74) is 3.57. The number of sulfone groups is 1. The standard InChI is InChI=1S/C19H22N2O4S/c1-26(24,25)12-14-8-6-13(7-9-14)11-20-19(23)21-18-16-5-3-2-4-15(16)10-17(18)22/h2-9,17-18,22H,10-12H2,1H3,(H2,20,21,23). The Hall–Kier alpha value is -2.38. The molecule has 7 heteroatoms. The number of nitrogens with one attached hydrogen (secondary N) is 2. The van der Waals surface area contributed by atoms with E-state index >= 15 is 0 Å². The summed E-state index contributed by atoms with van der Waals surface area (Å²) in [5.74, 6) is 0.000171. The van der Waals surface area contributed by atoms with Crippen molar-refractivity contribution >= 4 is 15.9 Å². The molecule has 0 heterocycles. The fraction of sp³-hybridized carbons (Fsp3) is 0.316. The van der Waals surface area contributed by atoms with Crippen molar-refractivity contribution in [1.82, 2.24) is 10.6 Å². The van der Waals surface area contributed by atoms with Gasteiger partial charge in [0.15, 0.2) is 9.84 Å². The van der Waals surface area contributed by atoms with Crippen molar-refractivity contribution in [2.45, 2.75) is 30.9 Å². The van der Waals surface area contributed by atoms with Crippen molar-refractivity contribution in [2.75, 3.05) is 6.26 Å². The summed E-state index contributed by atoms with van der Waals surface area (Å²) >= 11 is 0. The molecule has 6 nitrogen and oxygen atoms in total. The number of aliphatic hydroxyl groups is 1. The van der Waals surface area contributed by atoms with E-state index in [1.54, 1.807) is 24.3 Å². The fourth-order valence-corrected chi connectivity index (χ4v) is 3.98. The summed E-state index contributed by atoms with van der Waals surface area (Å²) in [6.45, 7) is 0.315. The van der Waals surface area contributed by atoms with Crippen LogP contribution in [0.25, 0.3) is 0 Å². The van der Waals surface area contributed by atoms with Crippen LogP contribution in [0.3, 0.4) is 0 Å². The molecular formula is C19H22N2O4S. The summed E-state index contributed by atoms with van der Waals surface area (Å²) in [4.78, 5) is 12.2. The monoisotopic (exact) mass is 374 g/mol. The summed E-state index contributed by atoms with van der Waals surface area (Å²) in [7, 11) is -3.06. The van der Waals surface area contributed by atoms with E-state index < -0.39 is 22.0 Å². The topological polar surface area (TPSA) is 95.5 Å². The Labute approximate surface area is 153 Å². The second kappa shape index (κ2) is 7.47. The highest BCUT2D eigenvalue weighted by atomic mass is 32.2. The molecule has 2 atom stereocenters. The quantitative estimate of drug-likeness (QED) is 0.742. The van der Waals surface area contributed by atoms with Gasteiger partial charge in [0.1, 0.15) is 0 Å². The molecule has 2 unspecified atom stereocenters. The molecule has 0 aliphatic heterocycles. The fourth-order valence-electron chi connectivity index (χ4n) is 3.18. The molecule has 1 aliphatic carbocycles. The second-order valence-electron chi connectivity index (χ2n) is 6.66. The van der Waals surface area contributed by atoms with Gasteiger partial charge in [-0.25, -0.2) is 13.2 Å². The minimum absolute atomic E-state index is 0.000171. The summed E-state index contributed by atoms with van der Waals surface area (Å²) in [5, 5.41) is 15.8. The Kier molecular flexibility index (Phi) is 5.29. The number of carbonyl (C=O) groups is 1. The third-order valence-electron chi connectivity index (χ3n) is 4.40. The SMILES string of the molecule is CS(=O)(=O)Cc1ccc(CNC(=O)NC2c3ccccc3CC2O)cc1. The molecule has 3 rings (SSSR count). The predicted octanol–water partition coefficient (Wildman–Crippen LogP) is 1.69. The number of hydrogen-bond acceptors (Lipinski definition) is 4. The first-order valence-corrected chi connectivity index (χ1v) is 10.4. The highest BCUT2D eigenvalue weighted by Crippen LogP contribution is 2.31. The van der Waals surface area contributed by atoms with Crippen molar-refractivity contribution in [3.8, 4) is 0 Å². The molecule has 0 fully saturated rings. The van der Waals surface area contributed by atoms with Gasteiger partial charge in [-0.1, -0.05) is 48.5 Å². The van der Waals surface area contributed by atoms with Crippen LogP contribution in [0.4, 0.5) is 4.79 Å². The van der Waals surface area contributed by atoms with E-state index in [-0.39, 0.29) is 11.8 Å². The smallest absolute Gasteiger partial charge is 0.315 e. The van der Waals surface area contributed by atoms with E-state index in [9.17, 15) is 18.3 Å². The minimum atomic E-state index is -3.06. The number of amides is 2. The molecule has 0 bridgehead atoms. The molecule has 2 aromatic rings. The molecule has 0 aromatic heterocycles. The van der Waals surface area contributed by atoms with E-state index in [1.807, 2.05) is 24.3 Å². The molecule has 0 saturated heterocycles. The van der Waals surface area contributed by atoms with Crippen LogP contribution in [0, 0.1) is 0 Å². The van der Waals surface area contributed by atoms with E-state index in [0.717, 1.165) is 16.7 Å². The number of rotatable bonds is 5. The third-order valence-corrected chi connectivity index (χ3v) is 5.25. The van der Waals surface area contributed by atoms with Crippen LogP contribution in [0.5, 0.6) is 0 Å². The van der Waals surface area contributed by atoms with Crippen LogP contribution < -0.4 is 10.6 Å². The lowest BCUT2D eigenvalue weighted by Gasteiger charge is -2.18. The lowest BCUT2D eigenvalue weighted by Crippen LogP contribution is -2.40. The first kappa shape index (κ1) is 18.4. The van der Waals surface area contributed by atoms with Gasteiger partial charge in [-0.05, 0) is 22.3 Å².